The summed E-state index contributed by atoms with van der Waals surface area (Å²) in [5, 5.41) is 3.45. The predicted molar refractivity (Wildman–Crippen MR) is 108 cm³/mol. The molecule has 1 aromatic heterocycles. The Morgan fingerprint density at radius 1 is 1.19 bits per heavy atom. The van der Waals surface area contributed by atoms with Gasteiger partial charge in [0.2, 0.25) is 0 Å². The molecule has 0 saturated heterocycles. The summed E-state index contributed by atoms with van der Waals surface area (Å²) in [6, 6.07) is 12.2. The molecule has 1 amide bonds. The topological polar surface area (TPSA) is 51.2 Å². The summed E-state index contributed by atoms with van der Waals surface area (Å²) in [4.78, 5) is 16.7. The molecule has 0 unspecified atom stereocenters. The number of hydrogen-bond acceptors (Lipinski definition) is 4. The molecule has 0 saturated carbocycles. The van der Waals surface area contributed by atoms with Crippen LogP contribution in [0.2, 0.25) is 0 Å². The van der Waals surface area contributed by atoms with Gasteiger partial charge in [0, 0.05) is 0 Å². The zero-order valence-electron chi connectivity index (χ0n) is 15.5. The van der Waals surface area contributed by atoms with Crippen LogP contribution in [0, 0.1) is 13.8 Å². The second kappa shape index (κ2) is 8.32. The molecule has 136 valence electrons. The molecule has 0 aliphatic heterocycles. The van der Waals surface area contributed by atoms with Gasteiger partial charge in [0.25, 0.3) is 5.91 Å². The average molecular weight is 369 g/mol. The number of benzene rings is 2. The normalized spacial score (nSPS) is 10.9. The molecule has 3 aromatic rings. The van der Waals surface area contributed by atoms with Crippen molar-refractivity contribution in [3.8, 4) is 5.75 Å². The minimum absolute atomic E-state index is 0.0262. The Balaban J connectivity index is 1.61. The Morgan fingerprint density at radius 2 is 2.04 bits per heavy atom. The fraction of sp³-hybridized carbons (Fsp3) is 0.333. The van der Waals surface area contributed by atoms with Gasteiger partial charge in [0.05, 0.1) is 10.2 Å². The van der Waals surface area contributed by atoms with Crippen molar-refractivity contribution in [3.05, 3.63) is 53.1 Å². The van der Waals surface area contributed by atoms with Crippen molar-refractivity contribution in [3.63, 3.8) is 0 Å². The van der Waals surface area contributed by atoms with Crippen LogP contribution in [-0.4, -0.2) is 17.5 Å². The molecule has 5 heteroatoms. The van der Waals surface area contributed by atoms with Crippen LogP contribution < -0.4 is 10.1 Å². The highest BCUT2D eigenvalue weighted by Gasteiger charge is 2.10. The third-order valence-electron chi connectivity index (χ3n) is 4.21. The molecule has 26 heavy (non-hydrogen) atoms. The van der Waals surface area contributed by atoms with Crippen molar-refractivity contribution in [2.24, 2.45) is 0 Å². The number of carbonyl (C=O) groups is 1. The molecular weight excluding hydrogens is 344 g/mol. The van der Waals surface area contributed by atoms with Crippen molar-refractivity contribution in [2.45, 2.75) is 40.0 Å². The maximum Gasteiger partial charge on any atom is 0.264 e. The molecule has 4 nitrogen and oxygen atoms in total. The van der Waals surface area contributed by atoms with Crippen molar-refractivity contribution in [1.82, 2.24) is 4.98 Å². The highest BCUT2D eigenvalue weighted by Crippen LogP contribution is 2.27. The lowest BCUT2D eigenvalue weighted by molar-refractivity contribution is -0.118. The first-order chi connectivity index (χ1) is 12.5. The van der Waals surface area contributed by atoms with E-state index in [9.17, 15) is 4.79 Å². The molecule has 0 radical (unpaired) electrons. The van der Waals surface area contributed by atoms with E-state index in [0.29, 0.717) is 5.13 Å². The third kappa shape index (κ3) is 4.61. The highest BCUT2D eigenvalue weighted by atomic mass is 32.1. The standard InChI is InChI=1S/C21H24N2O2S/c1-4-5-6-16-8-9-17-19(12-16)26-21(22-17)23-20(24)13-25-18-10-7-14(2)11-15(18)3/h7-12H,4-6,13H2,1-3H3,(H,22,23,24). The van der Waals surface area contributed by atoms with Gasteiger partial charge in [0.1, 0.15) is 5.75 Å². The minimum Gasteiger partial charge on any atom is -0.483 e. The Bertz CT molecular complexity index is 918. The van der Waals surface area contributed by atoms with E-state index in [4.69, 9.17) is 4.74 Å². The van der Waals surface area contributed by atoms with Crippen LogP contribution in [0.4, 0.5) is 5.13 Å². The number of rotatable bonds is 7. The van der Waals surface area contributed by atoms with Crippen molar-refractivity contribution < 1.29 is 9.53 Å². The number of carbonyl (C=O) groups excluding carboxylic acids is 1. The molecule has 2 aromatic carbocycles. The summed E-state index contributed by atoms with van der Waals surface area (Å²) >= 11 is 1.50. The zero-order chi connectivity index (χ0) is 18.5. The lowest BCUT2D eigenvalue weighted by Gasteiger charge is -2.09. The summed E-state index contributed by atoms with van der Waals surface area (Å²) < 4.78 is 6.73. The van der Waals surface area contributed by atoms with Gasteiger partial charge < -0.3 is 4.74 Å². The Kier molecular flexibility index (Phi) is 5.89. The number of amides is 1. The second-order valence-electron chi connectivity index (χ2n) is 6.53. The van der Waals surface area contributed by atoms with Crippen molar-refractivity contribution >= 4 is 32.6 Å². The van der Waals surface area contributed by atoms with Gasteiger partial charge in [-0.3, -0.25) is 10.1 Å². The van der Waals surface area contributed by atoms with Gasteiger partial charge in [-0.05, 0) is 56.0 Å². The Morgan fingerprint density at radius 3 is 2.81 bits per heavy atom. The molecule has 0 aliphatic carbocycles. The van der Waals surface area contributed by atoms with Gasteiger partial charge in [-0.25, -0.2) is 4.98 Å². The number of hydrogen-bond donors (Lipinski definition) is 1. The van der Waals surface area contributed by atoms with Gasteiger partial charge in [-0.15, -0.1) is 0 Å². The molecular formula is C21H24N2O2S. The summed E-state index contributed by atoms with van der Waals surface area (Å²) in [7, 11) is 0. The number of nitrogens with one attached hydrogen (secondary N) is 1. The number of aryl methyl sites for hydroxylation is 3. The minimum atomic E-state index is -0.199. The SMILES string of the molecule is CCCCc1ccc2nc(NC(=O)COc3ccc(C)cc3C)sc2c1. The lowest BCUT2D eigenvalue weighted by Crippen LogP contribution is -2.20. The molecule has 0 fully saturated rings. The van der Waals surface area contributed by atoms with E-state index < -0.39 is 0 Å². The van der Waals surface area contributed by atoms with Crippen LogP contribution in [0.15, 0.2) is 36.4 Å². The summed E-state index contributed by atoms with van der Waals surface area (Å²) in [6.45, 7) is 6.18. The van der Waals surface area contributed by atoms with Crippen molar-refractivity contribution in [2.75, 3.05) is 11.9 Å². The maximum absolute atomic E-state index is 12.2. The van der Waals surface area contributed by atoms with Gasteiger partial charge >= 0.3 is 0 Å². The number of anilines is 1. The first-order valence-corrected chi connectivity index (χ1v) is 9.76. The van der Waals surface area contributed by atoms with Crippen molar-refractivity contribution in [1.29, 1.82) is 0 Å². The first kappa shape index (κ1) is 18.4. The number of unbranched alkanes of at least 4 members (excludes halogenated alkanes) is 1. The molecule has 0 aliphatic rings. The monoisotopic (exact) mass is 368 g/mol. The fourth-order valence-corrected chi connectivity index (χ4v) is 3.76. The molecule has 1 heterocycles. The van der Waals surface area contributed by atoms with Crippen LogP contribution >= 0.6 is 11.3 Å². The Hall–Kier alpha value is -2.40. The second-order valence-corrected chi connectivity index (χ2v) is 7.56. The van der Waals surface area contributed by atoms with Gasteiger partial charge in [0.15, 0.2) is 11.7 Å². The zero-order valence-corrected chi connectivity index (χ0v) is 16.3. The van der Waals surface area contributed by atoms with Gasteiger partial charge in [-0.1, -0.05) is 48.4 Å². The fourth-order valence-electron chi connectivity index (χ4n) is 2.82. The molecule has 0 spiro atoms. The van der Waals surface area contributed by atoms with E-state index in [2.05, 4.69) is 29.4 Å². The average Bonchev–Trinajstić information content (AvgIpc) is 3.00. The lowest BCUT2D eigenvalue weighted by atomic mass is 10.1. The van der Waals surface area contributed by atoms with E-state index in [1.807, 2.05) is 38.1 Å². The highest BCUT2D eigenvalue weighted by molar-refractivity contribution is 7.22. The predicted octanol–water partition coefficient (Wildman–Crippen LogP) is 5.27. The summed E-state index contributed by atoms with van der Waals surface area (Å²) in [5.74, 6) is 0.533. The van der Waals surface area contributed by atoms with Crippen LogP contribution in [0.25, 0.3) is 10.2 Å². The molecule has 0 atom stereocenters. The largest absolute Gasteiger partial charge is 0.483 e. The van der Waals surface area contributed by atoms with Crippen LogP contribution in [0.5, 0.6) is 5.75 Å². The van der Waals surface area contributed by atoms with E-state index in [-0.39, 0.29) is 12.5 Å². The molecule has 3 rings (SSSR count). The first-order valence-electron chi connectivity index (χ1n) is 8.94. The smallest absolute Gasteiger partial charge is 0.264 e. The molecule has 1 N–H and O–H groups in total. The quantitative estimate of drug-likeness (QED) is 0.618. The number of nitrogens with zero attached hydrogens (tertiary/aromatic N) is 1. The van der Waals surface area contributed by atoms with Crippen LogP contribution in [0.1, 0.15) is 36.5 Å². The number of thiazole rings is 1. The summed E-state index contributed by atoms with van der Waals surface area (Å²) in [6.07, 6.45) is 3.45. The number of ether oxygens (including phenoxy) is 1. The number of aromatic nitrogens is 1. The van der Waals surface area contributed by atoms with Gasteiger partial charge in [-0.2, -0.15) is 0 Å². The van der Waals surface area contributed by atoms with E-state index >= 15 is 0 Å². The van der Waals surface area contributed by atoms with E-state index in [0.717, 1.165) is 28.0 Å². The van der Waals surface area contributed by atoms with E-state index in [1.165, 1.54) is 35.3 Å². The Labute approximate surface area is 158 Å². The number of fused-ring (bicyclic) bond motifs is 1. The summed E-state index contributed by atoms with van der Waals surface area (Å²) in [5.41, 5.74) is 4.43. The third-order valence-corrected chi connectivity index (χ3v) is 5.14. The van der Waals surface area contributed by atoms with Crippen LogP contribution in [-0.2, 0) is 11.2 Å². The molecule has 0 bridgehead atoms. The van der Waals surface area contributed by atoms with Crippen LogP contribution in [0.3, 0.4) is 0 Å². The van der Waals surface area contributed by atoms with E-state index in [1.54, 1.807) is 0 Å². The maximum atomic E-state index is 12.2.